The van der Waals surface area contributed by atoms with Gasteiger partial charge in [0, 0.05) is 0 Å². The molecular weight excluding hydrogens is 204 g/mol. The predicted molar refractivity (Wildman–Crippen MR) is 81.3 cm³/mol. The fraction of sp³-hybridized carbons (Fsp3) is 0.412. The van der Waals surface area contributed by atoms with Crippen LogP contribution in [0.4, 0.5) is 0 Å². The minimum absolute atomic E-state index is 1.09. The first-order valence-corrected chi connectivity index (χ1v) is 6.62. The van der Waals surface area contributed by atoms with Crippen molar-refractivity contribution < 1.29 is 0 Å². The molecule has 0 N–H and O–H groups in total. The van der Waals surface area contributed by atoms with Crippen LogP contribution in [0.2, 0.25) is 0 Å². The van der Waals surface area contributed by atoms with Crippen LogP contribution >= 0.6 is 0 Å². The number of rotatable bonds is 3. The van der Waals surface area contributed by atoms with Gasteiger partial charge in [-0.2, -0.15) is 0 Å². The summed E-state index contributed by atoms with van der Waals surface area (Å²) in [5, 5.41) is 0. The Morgan fingerprint density at radius 1 is 0.941 bits per heavy atom. The summed E-state index contributed by atoms with van der Waals surface area (Å²) in [7, 11) is 0. The number of benzene rings is 1. The minimum atomic E-state index is 1.09. The van der Waals surface area contributed by atoms with E-state index in [0.29, 0.717) is 0 Å². The summed E-state index contributed by atoms with van der Waals surface area (Å²) >= 11 is 0. The van der Waals surface area contributed by atoms with E-state index >= 15 is 0 Å². The molecule has 0 spiro atoms. The highest BCUT2D eigenvalue weighted by Gasteiger charge is 2.04. The molecule has 1 rings (SSSR count). The molecule has 1 aromatic rings. The second-order valence-corrected chi connectivity index (χ2v) is 3.70. The van der Waals surface area contributed by atoms with Gasteiger partial charge >= 0.3 is 0 Å². The van der Waals surface area contributed by atoms with Gasteiger partial charge in [0.05, 0.1) is 0 Å². The number of allylic oxidation sites excluding steroid dienone is 2. The molecule has 0 saturated heterocycles. The van der Waals surface area contributed by atoms with Crippen molar-refractivity contribution in [3.8, 4) is 0 Å². The highest BCUT2D eigenvalue weighted by atomic mass is 14.1. The van der Waals surface area contributed by atoms with Crippen molar-refractivity contribution in [3.05, 3.63) is 46.5 Å². The standard InChI is InChI=1S/C15H20.C2H6/c1-5-8-13-10-11-14(9-6-2)15(7-3)12(13)4;1-2/h5-6,8-11H,7H2,1-4H3;1-2H3/b8-5-,9-6-;. The third kappa shape index (κ3) is 4.22. The van der Waals surface area contributed by atoms with E-state index in [9.17, 15) is 0 Å². The highest BCUT2D eigenvalue weighted by Crippen LogP contribution is 2.21. The second kappa shape index (κ2) is 8.81. The first kappa shape index (κ1) is 15.7. The maximum atomic E-state index is 2.22. The quantitative estimate of drug-likeness (QED) is 0.629. The number of hydrogen-bond acceptors (Lipinski definition) is 0. The molecule has 0 aliphatic heterocycles. The van der Waals surface area contributed by atoms with Gasteiger partial charge in [0.1, 0.15) is 0 Å². The van der Waals surface area contributed by atoms with Crippen LogP contribution in [0.3, 0.4) is 0 Å². The lowest BCUT2D eigenvalue weighted by Gasteiger charge is -2.11. The molecule has 0 aliphatic rings. The van der Waals surface area contributed by atoms with Crippen molar-refractivity contribution in [2.45, 2.75) is 48.0 Å². The summed E-state index contributed by atoms with van der Waals surface area (Å²) < 4.78 is 0. The Labute approximate surface area is 107 Å². The lowest BCUT2D eigenvalue weighted by atomic mass is 9.94. The van der Waals surface area contributed by atoms with E-state index in [0.717, 1.165) is 6.42 Å². The molecule has 0 fully saturated rings. The molecule has 0 heterocycles. The molecule has 0 radical (unpaired) electrons. The van der Waals surface area contributed by atoms with E-state index < -0.39 is 0 Å². The molecule has 0 amide bonds. The highest BCUT2D eigenvalue weighted by molar-refractivity contribution is 5.63. The van der Waals surface area contributed by atoms with Gasteiger partial charge in [0.15, 0.2) is 0 Å². The van der Waals surface area contributed by atoms with Crippen LogP contribution in [0.1, 0.15) is 56.9 Å². The van der Waals surface area contributed by atoms with Crippen LogP contribution in [0.25, 0.3) is 12.2 Å². The zero-order chi connectivity index (χ0) is 13.3. The fourth-order valence-corrected chi connectivity index (χ4v) is 1.96. The summed E-state index contributed by atoms with van der Waals surface area (Å²) in [5.74, 6) is 0. The maximum absolute atomic E-state index is 2.22. The zero-order valence-corrected chi connectivity index (χ0v) is 12.2. The van der Waals surface area contributed by atoms with E-state index in [-0.39, 0.29) is 0 Å². The summed E-state index contributed by atoms with van der Waals surface area (Å²) in [6.45, 7) is 12.6. The predicted octanol–water partition coefficient (Wildman–Crippen LogP) is 5.65. The van der Waals surface area contributed by atoms with E-state index in [1.54, 1.807) is 0 Å². The molecule has 0 nitrogen and oxygen atoms in total. The van der Waals surface area contributed by atoms with Gasteiger partial charge in [-0.1, -0.05) is 57.2 Å². The van der Waals surface area contributed by atoms with Gasteiger partial charge in [-0.05, 0) is 49.4 Å². The van der Waals surface area contributed by atoms with Crippen LogP contribution in [-0.2, 0) is 6.42 Å². The Morgan fingerprint density at radius 2 is 1.41 bits per heavy atom. The molecule has 0 heteroatoms. The Morgan fingerprint density at radius 3 is 1.88 bits per heavy atom. The lowest BCUT2D eigenvalue weighted by molar-refractivity contribution is 1.10. The summed E-state index contributed by atoms with van der Waals surface area (Å²) in [4.78, 5) is 0. The van der Waals surface area contributed by atoms with Crippen LogP contribution in [-0.4, -0.2) is 0 Å². The topological polar surface area (TPSA) is 0 Å². The minimum Gasteiger partial charge on any atom is -0.0871 e. The van der Waals surface area contributed by atoms with Crippen molar-refractivity contribution in [2.24, 2.45) is 0 Å². The van der Waals surface area contributed by atoms with Gasteiger partial charge < -0.3 is 0 Å². The summed E-state index contributed by atoms with van der Waals surface area (Å²) in [6.07, 6.45) is 9.65. The molecule has 0 atom stereocenters. The van der Waals surface area contributed by atoms with Crippen LogP contribution in [0.5, 0.6) is 0 Å². The van der Waals surface area contributed by atoms with Crippen molar-refractivity contribution in [1.82, 2.24) is 0 Å². The lowest BCUT2D eigenvalue weighted by Crippen LogP contribution is -1.94. The van der Waals surface area contributed by atoms with Crippen molar-refractivity contribution >= 4 is 12.2 Å². The van der Waals surface area contributed by atoms with E-state index in [2.05, 4.69) is 64.1 Å². The van der Waals surface area contributed by atoms with Gasteiger partial charge in [-0.15, -0.1) is 0 Å². The fourth-order valence-electron chi connectivity index (χ4n) is 1.96. The molecule has 1 aromatic carbocycles. The molecule has 0 aliphatic carbocycles. The van der Waals surface area contributed by atoms with Crippen LogP contribution in [0.15, 0.2) is 24.3 Å². The maximum Gasteiger partial charge on any atom is -0.0225 e. The molecule has 0 bridgehead atoms. The van der Waals surface area contributed by atoms with Crippen molar-refractivity contribution in [1.29, 1.82) is 0 Å². The molecule has 94 valence electrons. The Bertz CT molecular complexity index is 381. The third-order valence-corrected chi connectivity index (χ3v) is 2.72. The smallest absolute Gasteiger partial charge is 0.0225 e. The van der Waals surface area contributed by atoms with Crippen molar-refractivity contribution in [3.63, 3.8) is 0 Å². The SMILES string of the molecule is C/C=C\c1ccc(/C=C\C)c(CC)c1C.CC. The molecule has 0 unspecified atom stereocenters. The normalized spacial score (nSPS) is 10.7. The molecule has 0 aromatic heterocycles. The van der Waals surface area contributed by atoms with Gasteiger partial charge in [-0.3, -0.25) is 0 Å². The van der Waals surface area contributed by atoms with E-state index in [1.165, 1.54) is 22.3 Å². The molecule has 0 saturated carbocycles. The third-order valence-electron chi connectivity index (χ3n) is 2.72. The first-order chi connectivity index (χ1) is 8.24. The van der Waals surface area contributed by atoms with E-state index in [4.69, 9.17) is 0 Å². The molecule has 17 heavy (non-hydrogen) atoms. The van der Waals surface area contributed by atoms with E-state index in [1.807, 2.05) is 13.8 Å². The van der Waals surface area contributed by atoms with Gasteiger partial charge in [0.2, 0.25) is 0 Å². The Kier molecular flexibility index (Phi) is 8.13. The van der Waals surface area contributed by atoms with Crippen molar-refractivity contribution in [2.75, 3.05) is 0 Å². The second-order valence-electron chi connectivity index (χ2n) is 3.70. The summed E-state index contributed by atoms with van der Waals surface area (Å²) in [6, 6.07) is 4.41. The largest absolute Gasteiger partial charge is 0.0871 e. The summed E-state index contributed by atoms with van der Waals surface area (Å²) in [5.41, 5.74) is 5.56. The monoisotopic (exact) mass is 230 g/mol. The van der Waals surface area contributed by atoms with Gasteiger partial charge in [0.25, 0.3) is 0 Å². The zero-order valence-electron chi connectivity index (χ0n) is 12.2. The first-order valence-electron chi connectivity index (χ1n) is 6.62. The van der Waals surface area contributed by atoms with Gasteiger partial charge in [-0.25, -0.2) is 0 Å². The molecular formula is C17H26. The average molecular weight is 230 g/mol. The van der Waals surface area contributed by atoms with Crippen LogP contribution < -0.4 is 0 Å². The number of hydrogen-bond donors (Lipinski definition) is 0. The Hall–Kier alpha value is -1.30. The Balaban J connectivity index is 0.00000121. The average Bonchev–Trinajstić information content (AvgIpc) is 2.36. The van der Waals surface area contributed by atoms with Crippen LogP contribution in [0, 0.1) is 6.92 Å².